The number of aryl methyl sites for hydroxylation is 2. The molecule has 33 heavy (non-hydrogen) atoms. The largest absolute Gasteiger partial charge is 0.493 e. The van der Waals surface area contributed by atoms with E-state index in [-0.39, 0.29) is 18.6 Å². The molecule has 2 atom stereocenters. The molecule has 1 saturated heterocycles. The fourth-order valence-corrected chi connectivity index (χ4v) is 4.33. The zero-order valence-corrected chi connectivity index (χ0v) is 19.9. The summed E-state index contributed by atoms with van der Waals surface area (Å²) in [4.78, 5) is 19.8. The number of carbonyl (C=O) groups is 1. The van der Waals surface area contributed by atoms with E-state index in [9.17, 15) is 9.90 Å². The van der Waals surface area contributed by atoms with E-state index in [0.29, 0.717) is 53.8 Å². The van der Waals surface area contributed by atoms with Gasteiger partial charge >= 0.3 is 0 Å². The molecule has 0 spiro atoms. The number of aromatic nitrogens is 3. The number of aliphatic hydroxyl groups is 1. The van der Waals surface area contributed by atoms with Gasteiger partial charge in [0.15, 0.2) is 17.2 Å². The van der Waals surface area contributed by atoms with Crippen LogP contribution in [0.1, 0.15) is 42.0 Å². The molecule has 1 aromatic carbocycles. The molecule has 1 aliphatic heterocycles. The van der Waals surface area contributed by atoms with Crippen LogP contribution in [0.15, 0.2) is 36.5 Å². The van der Waals surface area contributed by atoms with Gasteiger partial charge in [-0.1, -0.05) is 23.7 Å². The number of benzene rings is 1. The Morgan fingerprint density at radius 1 is 1.36 bits per heavy atom. The van der Waals surface area contributed by atoms with E-state index in [2.05, 4.69) is 10.1 Å². The van der Waals surface area contributed by atoms with Crippen LogP contribution in [0.25, 0.3) is 5.65 Å². The van der Waals surface area contributed by atoms with E-state index in [4.69, 9.17) is 21.1 Å². The number of ether oxygens (including phenoxy) is 2. The second kappa shape index (κ2) is 9.67. The van der Waals surface area contributed by atoms with E-state index >= 15 is 0 Å². The monoisotopic (exact) mass is 472 g/mol. The summed E-state index contributed by atoms with van der Waals surface area (Å²) in [5, 5.41) is 14.7. The number of amides is 1. The summed E-state index contributed by atoms with van der Waals surface area (Å²) in [6.45, 7) is 4.69. The molecule has 1 aliphatic rings. The molecular formula is C24H29ClN4O4. The molecular weight excluding hydrogens is 444 g/mol. The van der Waals surface area contributed by atoms with Crippen molar-refractivity contribution in [2.24, 2.45) is 0 Å². The van der Waals surface area contributed by atoms with Crippen molar-refractivity contribution >= 4 is 23.2 Å². The van der Waals surface area contributed by atoms with Crippen LogP contribution in [0, 0.1) is 0 Å². The Kier molecular flexibility index (Phi) is 6.88. The number of pyridine rings is 1. The van der Waals surface area contributed by atoms with Gasteiger partial charge in [0.05, 0.1) is 37.5 Å². The average Bonchev–Trinajstić information content (AvgIpc) is 3.21. The SMILES string of the molecule is COc1cc(C(=O)N2CC(C)(CCO)OC[C@H]2C)cn2nc(CCc3cccc(Cl)c3)nc12. The van der Waals surface area contributed by atoms with Crippen molar-refractivity contribution in [3.05, 3.63) is 58.5 Å². The van der Waals surface area contributed by atoms with Gasteiger partial charge < -0.3 is 19.5 Å². The van der Waals surface area contributed by atoms with Gasteiger partial charge in [-0.2, -0.15) is 5.10 Å². The Morgan fingerprint density at radius 3 is 2.91 bits per heavy atom. The Labute approximate surface area is 198 Å². The number of morpholine rings is 1. The fourth-order valence-electron chi connectivity index (χ4n) is 4.12. The molecule has 0 saturated carbocycles. The average molecular weight is 473 g/mol. The third-order valence-corrected chi connectivity index (χ3v) is 6.28. The van der Waals surface area contributed by atoms with E-state index in [1.165, 1.54) is 0 Å². The topological polar surface area (TPSA) is 89.2 Å². The van der Waals surface area contributed by atoms with Gasteiger partial charge in [-0.3, -0.25) is 4.79 Å². The summed E-state index contributed by atoms with van der Waals surface area (Å²) in [5.74, 6) is 1.01. The molecule has 3 heterocycles. The molecule has 1 unspecified atom stereocenters. The van der Waals surface area contributed by atoms with Gasteiger partial charge in [-0.05, 0) is 44.0 Å². The first-order chi connectivity index (χ1) is 15.8. The van der Waals surface area contributed by atoms with Crippen molar-refractivity contribution in [3.63, 3.8) is 0 Å². The van der Waals surface area contributed by atoms with Gasteiger partial charge in [-0.15, -0.1) is 0 Å². The molecule has 0 bridgehead atoms. The normalized spacial score (nSPS) is 20.9. The molecule has 0 radical (unpaired) electrons. The highest BCUT2D eigenvalue weighted by molar-refractivity contribution is 6.30. The highest BCUT2D eigenvalue weighted by Gasteiger charge is 2.38. The lowest BCUT2D eigenvalue weighted by Crippen LogP contribution is -2.56. The summed E-state index contributed by atoms with van der Waals surface area (Å²) >= 11 is 6.08. The van der Waals surface area contributed by atoms with Crippen LogP contribution in [0.4, 0.5) is 0 Å². The van der Waals surface area contributed by atoms with Crippen molar-refractivity contribution in [2.75, 3.05) is 26.9 Å². The predicted molar refractivity (Wildman–Crippen MR) is 125 cm³/mol. The van der Waals surface area contributed by atoms with Crippen molar-refractivity contribution in [1.29, 1.82) is 0 Å². The third-order valence-electron chi connectivity index (χ3n) is 6.05. The molecule has 3 aromatic rings. The third kappa shape index (κ3) is 5.13. The van der Waals surface area contributed by atoms with Crippen molar-refractivity contribution in [3.8, 4) is 5.75 Å². The number of hydrogen-bond donors (Lipinski definition) is 1. The van der Waals surface area contributed by atoms with Gasteiger partial charge in [0, 0.05) is 30.7 Å². The van der Waals surface area contributed by atoms with Gasteiger partial charge in [0.25, 0.3) is 5.91 Å². The molecule has 1 N–H and O–H groups in total. The van der Waals surface area contributed by atoms with Crippen LogP contribution >= 0.6 is 11.6 Å². The van der Waals surface area contributed by atoms with E-state index in [0.717, 1.165) is 12.0 Å². The maximum atomic E-state index is 13.4. The number of hydrogen-bond acceptors (Lipinski definition) is 6. The maximum absolute atomic E-state index is 13.4. The Bertz CT molecular complexity index is 1150. The minimum atomic E-state index is -0.578. The minimum absolute atomic E-state index is 0.00358. The van der Waals surface area contributed by atoms with Gasteiger partial charge in [0.2, 0.25) is 0 Å². The van der Waals surface area contributed by atoms with Crippen molar-refractivity contribution in [1.82, 2.24) is 19.5 Å². The van der Waals surface area contributed by atoms with Crippen LogP contribution in [0.3, 0.4) is 0 Å². The number of methoxy groups -OCH3 is 1. The van der Waals surface area contributed by atoms with Crippen LogP contribution in [-0.2, 0) is 17.6 Å². The van der Waals surface area contributed by atoms with Crippen molar-refractivity contribution < 1.29 is 19.4 Å². The van der Waals surface area contributed by atoms with Gasteiger partial charge in [0.1, 0.15) is 0 Å². The lowest BCUT2D eigenvalue weighted by Gasteiger charge is -2.44. The number of halogens is 1. The molecule has 8 nitrogen and oxygen atoms in total. The number of aliphatic hydroxyl groups excluding tert-OH is 1. The Morgan fingerprint density at radius 2 is 2.18 bits per heavy atom. The second-order valence-electron chi connectivity index (χ2n) is 8.74. The highest BCUT2D eigenvalue weighted by atomic mass is 35.5. The quantitative estimate of drug-likeness (QED) is 0.568. The zero-order chi connectivity index (χ0) is 23.6. The fraction of sp³-hybridized carbons (Fsp3) is 0.458. The minimum Gasteiger partial charge on any atom is -0.493 e. The van der Waals surface area contributed by atoms with E-state index in [1.54, 1.807) is 28.8 Å². The van der Waals surface area contributed by atoms with Gasteiger partial charge in [-0.25, -0.2) is 9.50 Å². The van der Waals surface area contributed by atoms with Crippen LogP contribution in [0.2, 0.25) is 5.02 Å². The lowest BCUT2D eigenvalue weighted by molar-refractivity contribution is -0.117. The standard InChI is InChI=1S/C24H29ClN4O4/c1-16-14-33-24(2,9-10-30)15-28(16)23(31)18-12-20(32-3)22-26-21(27-29(22)13-18)8-7-17-5-4-6-19(25)11-17/h4-6,11-13,16,30H,7-10,14-15H2,1-3H3/t16-,24?/m1/s1. The van der Waals surface area contributed by atoms with E-state index in [1.807, 2.05) is 38.1 Å². The van der Waals surface area contributed by atoms with Crippen LogP contribution in [-0.4, -0.2) is 69.0 Å². The number of fused-ring (bicyclic) bond motifs is 1. The van der Waals surface area contributed by atoms with E-state index < -0.39 is 5.60 Å². The molecule has 9 heteroatoms. The lowest BCUT2D eigenvalue weighted by atomic mass is 9.98. The first-order valence-electron chi connectivity index (χ1n) is 11.1. The molecule has 4 rings (SSSR count). The summed E-state index contributed by atoms with van der Waals surface area (Å²) < 4.78 is 13.1. The molecule has 176 valence electrons. The summed E-state index contributed by atoms with van der Waals surface area (Å²) in [6, 6.07) is 9.34. The highest BCUT2D eigenvalue weighted by Crippen LogP contribution is 2.27. The summed E-state index contributed by atoms with van der Waals surface area (Å²) in [7, 11) is 1.56. The first kappa shape index (κ1) is 23.5. The molecule has 1 fully saturated rings. The Balaban J connectivity index is 1.58. The molecule has 2 aromatic heterocycles. The predicted octanol–water partition coefficient (Wildman–Crippen LogP) is 3.18. The Hall–Kier alpha value is -2.68. The number of rotatable bonds is 7. The molecule has 0 aliphatic carbocycles. The maximum Gasteiger partial charge on any atom is 0.255 e. The van der Waals surface area contributed by atoms with Crippen molar-refractivity contribution in [2.45, 2.75) is 44.8 Å². The zero-order valence-electron chi connectivity index (χ0n) is 19.1. The second-order valence-corrected chi connectivity index (χ2v) is 9.18. The first-order valence-corrected chi connectivity index (χ1v) is 11.4. The summed E-state index contributed by atoms with van der Waals surface area (Å²) in [6.07, 6.45) is 3.54. The smallest absolute Gasteiger partial charge is 0.255 e. The number of nitrogens with zero attached hydrogens (tertiary/aromatic N) is 4. The number of carbonyl (C=O) groups excluding carboxylic acids is 1. The van der Waals surface area contributed by atoms with Crippen LogP contribution in [0.5, 0.6) is 5.75 Å². The van der Waals surface area contributed by atoms with Crippen LogP contribution < -0.4 is 4.74 Å². The molecule has 1 amide bonds. The summed E-state index contributed by atoms with van der Waals surface area (Å²) in [5.41, 5.74) is 1.56.